The molecule has 2 aliphatic heterocycles. The lowest BCUT2D eigenvalue weighted by atomic mass is 10.0. The van der Waals surface area contributed by atoms with E-state index in [1.807, 2.05) is 30.3 Å². The van der Waals surface area contributed by atoms with Crippen molar-refractivity contribution >= 4 is 11.9 Å². The van der Waals surface area contributed by atoms with E-state index in [0.717, 1.165) is 49.3 Å². The maximum absolute atomic E-state index is 13.8. The summed E-state index contributed by atoms with van der Waals surface area (Å²) in [7, 11) is 0. The molecule has 0 atom stereocenters. The molecule has 2 aliphatic rings. The van der Waals surface area contributed by atoms with Gasteiger partial charge in [-0.05, 0) is 37.0 Å². The van der Waals surface area contributed by atoms with Crippen LogP contribution in [-0.2, 0) is 24.2 Å². The Morgan fingerprint density at radius 3 is 2.50 bits per heavy atom. The minimum Gasteiger partial charge on any atom is -0.438 e. The molecule has 1 amide bonds. The highest BCUT2D eigenvalue weighted by Crippen LogP contribution is 2.32. The van der Waals surface area contributed by atoms with Crippen molar-refractivity contribution in [2.45, 2.75) is 38.6 Å². The summed E-state index contributed by atoms with van der Waals surface area (Å²) in [5, 5.41) is 0. The predicted molar refractivity (Wildman–Crippen MR) is 124 cm³/mol. The third-order valence-electron chi connectivity index (χ3n) is 6.31. The molecular formula is C26H26F2N4O2. The zero-order chi connectivity index (χ0) is 23.5. The standard InChI is InChI=1S/C26H26F2N4O2/c27-21-10-9-19(16-22(21)28)34-25-20-17-32(24(33)15-18-7-3-1-4-8-18)14-11-23(20)29-26(30-25)31-12-5-2-6-13-31/h1,3-4,7-10,16H,2,5-6,11-15,17H2. The molecule has 0 aliphatic carbocycles. The van der Waals surface area contributed by atoms with Gasteiger partial charge in [0.25, 0.3) is 0 Å². The average molecular weight is 465 g/mol. The third-order valence-corrected chi connectivity index (χ3v) is 6.31. The summed E-state index contributed by atoms with van der Waals surface area (Å²) in [5.41, 5.74) is 2.49. The molecule has 3 heterocycles. The molecule has 2 aromatic carbocycles. The Hall–Kier alpha value is -3.55. The second-order valence-electron chi connectivity index (χ2n) is 8.71. The van der Waals surface area contributed by atoms with Crippen LogP contribution in [0, 0.1) is 11.6 Å². The van der Waals surface area contributed by atoms with Gasteiger partial charge in [-0.3, -0.25) is 4.79 Å². The molecule has 3 aromatic rings. The Morgan fingerprint density at radius 2 is 1.74 bits per heavy atom. The van der Waals surface area contributed by atoms with E-state index in [2.05, 4.69) is 9.88 Å². The number of nitrogens with zero attached hydrogens (tertiary/aromatic N) is 4. The first kappa shape index (κ1) is 22.3. The Bertz CT molecular complexity index is 1180. The lowest BCUT2D eigenvalue weighted by molar-refractivity contribution is -0.131. The molecule has 1 fully saturated rings. The van der Waals surface area contributed by atoms with Crippen molar-refractivity contribution < 1.29 is 18.3 Å². The zero-order valence-electron chi connectivity index (χ0n) is 18.8. The number of carbonyl (C=O) groups excluding carboxylic acids is 1. The van der Waals surface area contributed by atoms with Gasteiger partial charge >= 0.3 is 0 Å². The van der Waals surface area contributed by atoms with Crippen molar-refractivity contribution in [1.29, 1.82) is 0 Å². The van der Waals surface area contributed by atoms with E-state index in [9.17, 15) is 13.6 Å². The van der Waals surface area contributed by atoms with Gasteiger partial charge in [-0.1, -0.05) is 30.3 Å². The van der Waals surface area contributed by atoms with E-state index in [-0.39, 0.29) is 17.5 Å². The van der Waals surface area contributed by atoms with Crippen molar-refractivity contribution in [2.24, 2.45) is 0 Å². The Labute approximate surface area is 197 Å². The molecule has 0 bridgehead atoms. The number of amides is 1. The second-order valence-corrected chi connectivity index (χ2v) is 8.71. The first-order valence-electron chi connectivity index (χ1n) is 11.7. The molecule has 0 radical (unpaired) electrons. The largest absolute Gasteiger partial charge is 0.438 e. The fourth-order valence-corrected chi connectivity index (χ4v) is 4.44. The number of anilines is 1. The number of halogens is 2. The van der Waals surface area contributed by atoms with E-state index >= 15 is 0 Å². The van der Waals surface area contributed by atoms with Crippen LogP contribution in [0.2, 0.25) is 0 Å². The predicted octanol–water partition coefficient (Wildman–Crippen LogP) is 4.66. The number of hydrogen-bond donors (Lipinski definition) is 0. The minimum absolute atomic E-state index is 0.00994. The summed E-state index contributed by atoms with van der Waals surface area (Å²) in [5.74, 6) is -0.901. The summed E-state index contributed by atoms with van der Waals surface area (Å²) in [6, 6.07) is 13.0. The van der Waals surface area contributed by atoms with Crippen LogP contribution in [0.25, 0.3) is 0 Å². The van der Waals surface area contributed by atoms with Gasteiger partial charge in [0.2, 0.25) is 17.7 Å². The zero-order valence-corrected chi connectivity index (χ0v) is 18.8. The van der Waals surface area contributed by atoms with Crippen molar-refractivity contribution in [2.75, 3.05) is 24.5 Å². The molecule has 1 aromatic heterocycles. The summed E-state index contributed by atoms with van der Waals surface area (Å²) in [6.07, 6.45) is 4.21. The maximum Gasteiger partial charge on any atom is 0.229 e. The second kappa shape index (κ2) is 9.75. The molecule has 8 heteroatoms. The lowest BCUT2D eigenvalue weighted by Gasteiger charge is -2.32. The van der Waals surface area contributed by atoms with Crippen molar-refractivity contribution in [3.63, 3.8) is 0 Å². The molecule has 0 unspecified atom stereocenters. The third kappa shape index (κ3) is 4.85. The molecule has 0 saturated carbocycles. The van der Waals surface area contributed by atoms with Gasteiger partial charge in [-0.25, -0.2) is 13.8 Å². The van der Waals surface area contributed by atoms with Crippen LogP contribution in [0.5, 0.6) is 11.6 Å². The molecular weight excluding hydrogens is 438 g/mol. The van der Waals surface area contributed by atoms with Crippen LogP contribution in [0.3, 0.4) is 0 Å². The maximum atomic E-state index is 13.8. The summed E-state index contributed by atoms with van der Waals surface area (Å²) in [6.45, 7) is 2.59. The number of piperidine rings is 1. The number of rotatable bonds is 5. The fraction of sp³-hybridized carbons (Fsp3) is 0.346. The van der Waals surface area contributed by atoms with Crippen LogP contribution in [-0.4, -0.2) is 40.4 Å². The summed E-state index contributed by atoms with van der Waals surface area (Å²) < 4.78 is 33.2. The molecule has 0 N–H and O–H groups in total. The van der Waals surface area contributed by atoms with Crippen LogP contribution < -0.4 is 9.64 Å². The number of carbonyl (C=O) groups is 1. The number of aromatic nitrogens is 2. The van der Waals surface area contributed by atoms with Gasteiger partial charge in [0, 0.05) is 32.1 Å². The monoisotopic (exact) mass is 464 g/mol. The number of fused-ring (bicyclic) bond motifs is 1. The molecule has 34 heavy (non-hydrogen) atoms. The van der Waals surface area contributed by atoms with Crippen molar-refractivity contribution in [3.8, 4) is 11.6 Å². The minimum atomic E-state index is -0.989. The summed E-state index contributed by atoms with van der Waals surface area (Å²) in [4.78, 5) is 26.4. The lowest BCUT2D eigenvalue weighted by Crippen LogP contribution is -2.38. The number of hydrogen-bond acceptors (Lipinski definition) is 5. The van der Waals surface area contributed by atoms with Crippen LogP contribution in [0.15, 0.2) is 48.5 Å². The molecule has 6 nitrogen and oxygen atoms in total. The van der Waals surface area contributed by atoms with Crippen LogP contribution in [0.1, 0.15) is 36.1 Å². The number of ether oxygens (including phenoxy) is 1. The quantitative estimate of drug-likeness (QED) is 0.550. The normalized spacial score (nSPS) is 15.7. The average Bonchev–Trinajstić information content (AvgIpc) is 2.87. The van der Waals surface area contributed by atoms with Gasteiger partial charge in [0.15, 0.2) is 11.6 Å². The number of benzene rings is 2. The Morgan fingerprint density at radius 1 is 0.941 bits per heavy atom. The van der Waals surface area contributed by atoms with Gasteiger partial charge in [0.1, 0.15) is 5.75 Å². The molecule has 0 spiro atoms. The van der Waals surface area contributed by atoms with E-state index in [1.54, 1.807) is 4.90 Å². The summed E-state index contributed by atoms with van der Waals surface area (Å²) >= 11 is 0. The first-order valence-corrected chi connectivity index (χ1v) is 11.7. The van der Waals surface area contributed by atoms with Crippen molar-refractivity contribution in [3.05, 3.63) is 77.0 Å². The Balaban J connectivity index is 1.44. The smallest absolute Gasteiger partial charge is 0.229 e. The van der Waals surface area contributed by atoms with Crippen LogP contribution in [0.4, 0.5) is 14.7 Å². The Kier molecular flexibility index (Phi) is 6.38. The van der Waals surface area contributed by atoms with E-state index in [0.29, 0.717) is 37.4 Å². The molecule has 176 valence electrons. The van der Waals surface area contributed by atoms with E-state index < -0.39 is 11.6 Å². The highest BCUT2D eigenvalue weighted by Gasteiger charge is 2.28. The van der Waals surface area contributed by atoms with Gasteiger partial charge in [0.05, 0.1) is 24.2 Å². The van der Waals surface area contributed by atoms with E-state index in [1.165, 1.54) is 12.5 Å². The molecule has 1 saturated heterocycles. The highest BCUT2D eigenvalue weighted by molar-refractivity contribution is 5.79. The van der Waals surface area contributed by atoms with Crippen molar-refractivity contribution in [1.82, 2.24) is 14.9 Å². The van der Waals surface area contributed by atoms with E-state index in [4.69, 9.17) is 9.72 Å². The SMILES string of the molecule is O=C(Cc1ccccc1)N1CCc2nc(N3CCCCC3)nc(Oc3ccc(F)c(F)c3)c2C1. The molecule has 5 rings (SSSR count). The van der Waals surface area contributed by atoms with Gasteiger partial charge < -0.3 is 14.5 Å². The van der Waals surface area contributed by atoms with Gasteiger partial charge in [-0.15, -0.1) is 0 Å². The highest BCUT2D eigenvalue weighted by atomic mass is 19.2. The fourth-order valence-electron chi connectivity index (χ4n) is 4.44. The topological polar surface area (TPSA) is 58.6 Å². The van der Waals surface area contributed by atoms with Crippen LogP contribution >= 0.6 is 0 Å². The van der Waals surface area contributed by atoms with Gasteiger partial charge in [-0.2, -0.15) is 4.98 Å². The first-order chi connectivity index (χ1) is 16.6.